The van der Waals surface area contributed by atoms with Crippen LogP contribution in [0.4, 0.5) is 0 Å². The lowest BCUT2D eigenvalue weighted by Crippen LogP contribution is -2.27. The molecule has 1 heterocycles. The quantitative estimate of drug-likeness (QED) is 0.698. The molecule has 1 aromatic carbocycles. The Kier molecular flexibility index (Phi) is 3.99. The van der Waals surface area contributed by atoms with Crippen LogP contribution < -0.4 is 11.1 Å². The number of hydrogen-bond donors (Lipinski definition) is 3. The van der Waals surface area contributed by atoms with Crippen molar-refractivity contribution in [2.45, 2.75) is 19.8 Å². The molecule has 2 rings (SSSR count). The van der Waals surface area contributed by atoms with E-state index in [1.165, 1.54) is 5.56 Å². The first-order valence-electron chi connectivity index (χ1n) is 6.24. The number of nitrogens with two attached hydrogens (primary N) is 1. The number of nitrogens with one attached hydrogen (secondary N) is 2. The summed E-state index contributed by atoms with van der Waals surface area (Å²) < 4.78 is 0. The van der Waals surface area contributed by atoms with Crippen LogP contribution in [0.5, 0.6) is 0 Å². The number of carbonyl (C=O) groups is 1. The van der Waals surface area contributed by atoms with E-state index in [1.807, 2.05) is 18.3 Å². The van der Waals surface area contributed by atoms with Crippen molar-refractivity contribution in [1.29, 1.82) is 0 Å². The summed E-state index contributed by atoms with van der Waals surface area (Å²) in [6.45, 7) is 3.31. The standard InChI is InChI=1S/C14H19N3O/c1-10-4-2-5-12-14(10)11(9-17-12)8-13(18)16-7-3-6-15/h2,4-5,9,17H,3,6-8,15H2,1H3,(H,16,18). The highest BCUT2D eigenvalue weighted by molar-refractivity contribution is 5.90. The van der Waals surface area contributed by atoms with Crippen LogP contribution in [0.3, 0.4) is 0 Å². The van der Waals surface area contributed by atoms with Crippen LogP contribution in [0.1, 0.15) is 17.5 Å². The Hall–Kier alpha value is -1.81. The molecule has 4 nitrogen and oxygen atoms in total. The zero-order valence-corrected chi connectivity index (χ0v) is 10.6. The predicted molar refractivity (Wildman–Crippen MR) is 73.4 cm³/mol. The smallest absolute Gasteiger partial charge is 0.224 e. The number of aromatic amines is 1. The van der Waals surface area contributed by atoms with Crippen LogP contribution in [0.15, 0.2) is 24.4 Å². The number of rotatable bonds is 5. The van der Waals surface area contributed by atoms with Crippen molar-refractivity contribution in [3.05, 3.63) is 35.5 Å². The van der Waals surface area contributed by atoms with Gasteiger partial charge in [-0.2, -0.15) is 0 Å². The van der Waals surface area contributed by atoms with Crippen molar-refractivity contribution < 1.29 is 4.79 Å². The lowest BCUT2D eigenvalue weighted by molar-refractivity contribution is -0.120. The topological polar surface area (TPSA) is 70.9 Å². The minimum absolute atomic E-state index is 0.0487. The molecule has 0 aliphatic carbocycles. The van der Waals surface area contributed by atoms with Crippen molar-refractivity contribution in [3.8, 4) is 0 Å². The third-order valence-electron chi connectivity index (χ3n) is 3.05. The molecular weight excluding hydrogens is 226 g/mol. The van der Waals surface area contributed by atoms with E-state index in [9.17, 15) is 4.79 Å². The van der Waals surface area contributed by atoms with Crippen LogP contribution in [0, 0.1) is 6.92 Å². The fraction of sp³-hybridized carbons (Fsp3) is 0.357. The van der Waals surface area contributed by atoms with Crippen molar-refractivity contribution in [2.24, 2.45) is 5.73 Å². The number of aromatic nitrogens is 1. The minimum Gasteiger partial charge on any atom is -0.361 e. The maximum absolute atomic E-state index is 11.8. The fourth-order valence-corrected chi connectivity index (χ4v) is 2.16. The van der Waals surface area contributed by atoms with E-state index in [1.54, 1.807) is 0 Å². The van der Waals surface area contributed by atoms with E-state index in [0.717, 1.165) is 22.9 Å². The molecule has 0 spiro atoms. The summed E-state index contributed by atoms with van der Waals surface area (Å²) in [6, 6.07) is 6.10. The SMILES string of the molecule is Cc1cccc2[nH]cc(CC(=O)NCCCN)c12. The molecule has 0 aliphatic rings. The van der Waals surface area contributed by atoms with E-state index in [-0.39, 0.29) is 5.91 Å². The molecule has 0 unspecified atom stereocenters. The van der Waals surface area contributed by atoms with Gasteiger partial charge in [0.25, 0.3) is 0 Å². The van der Waals surface area contributed by atoms with Crippen LogP contribution in [0.25, 0.3) is 10.9 Å². The van der Waals surface area contributed by atoms with Crippen molar-refractivity contribution in [3.63, 3.8) is 0 Å². The van der Waals surface area contributed by atoms with Gasteiger partial charge in [-0.25, -0.2) is 0 Å². The average Bonchev–Trinajstić information content (AvgIpc) is 2.74. The number of aryl methyl sites for hydroxylation is 1. The molecule has 4 N–H and O–H groups in total. The highest BCUT2D eigenvalue weighted by Gasteiger charge is 2.09. The first-order chi connectivity index (χ1) is 8.72. The van der Waals surface area contributed by atoms with Crippen LogP contribution in [0.2, 0.25) is 0 Å². The molecule has 1 aromatic heterocycles. The normalized spacial score (nSPS) is 10.8. The molecule has 0 bridgehead atoms. The largest absolute Gasteiger partial charge is 0.361 e. The Bertz CT molecular complexity index is 545. The lowest BCUT2D eigenvalue weighted by Gasteiger charge is -2.04. The summed E-state index contributed by atoms with van der Waals surface area (Å²) in [5, 5.41) is 4.03. The summed E-state index contributed by atoms with van der Waals surface area (Å²) in [7, 11) is 0. The molecule has 0 saturated carbocycles. The molecule has 0 fully saturated rings. The van der Waals surface area contributed by atoms with E-state index in [2.05, 4.69) is 23.3 Å². The third-order valence-corrected chi connectivity index (χ3v) is 3.05. The van der Waals surface area contributed by atoms with E-state index >= 15 is 0 Å². The van der Waals surface area contributed by atoms with E-state index < -0.39 is 0 Å². The lowest BCUT2D eigenvalue weighted by atomic mass is 10.1. The van der Waals surface area contributed by atoms with Gasteiger partial charge in [0.1, 0.15) is 0 Å². The summed E-state index contributed by atoms with van der Waals surface area (Å²) in [6.07, 6.45) is 3.15. The number of amides is 1. The molecule has 0 saturated heterocycles. The van der Waals surface area contributed by atoms with Gasteiger partial charge in [-0.05, 0) is 37.1 Å². The Balaban J connectivity index is 2.10. The summed E-state index contributed by atoms with van der Waals surface area (Å²) in [5.41, 5.74) is 8.71. The van der Waals surface area contributed by atoms with Crippen LogP contribution >= 0.6 is 0 Å². The Labute approximate surface area is 107 Å². The number of fused-ring (bicyclic) bond motifs is 1. The third kappa shape index (κ3) is 2.71. The summed E-state index contributed by atoms with van der Waals surface area (Å²) in [5.74, 6) is 0.0487. The second-order valence-corrected chi connectivity index (χ2v) is 4.48. The van der Waals surface area contributed by atoms with Crippen molar-refractivity contribution >= 4 is 16.8 Å². The van der Waals surface area contributed by atoms with Gasteiger partial charge in [-0.3, -0.25) is 4.79 Å². The molecule has 2 aromatic rings. The zero-order chi connectivity index (χ0) is 13.0. The molecule has 4 heteroatoms. The summed E-state index contributed by atoms with van der Waals surface area (Å²) >= 11 is 0. The molecule has 96 valence electrons. The number of carbonyl (C=O) groups excluding carboxylic acids is 1. The number of H-pyrrole nitrogens is 1. The Morgan fingerprint density at radius 2 is 2.28 bits per heavy atom. The van der Waals surface area contributed by atoms with E-state index in [4.69, 9.17) is 5.73 Å². The van der Waals surface area contributed by atoms with Gasteiger partial charge in [-0.15, -0.1) is 0 Å². The van der Waals surface area contributed by atoms with Crippen LogP contribution in [-0.4, -0.2) is 24.0 Å². The van der Waals surface area contributed by atoms with Gasteiger partial charge >= 0.3 is 0 Å². The van der Waals surface area contributed by atoms with Gasteiger partial charge in [0.2, 0.25) is 5.91 Å². The second-order valence-electron chi connectivity index (χ2n) is 4.48. The van der Waals surface area contributed by atoms with Crippen LogP contribution in [-0.2, 0) is 11.2 Å². The maximum atomic E-state index is 11.8. The first-order valence-corrected chi connectivity index (χ1v) is 6.24. The average molecular weight is 245 g/mol. The van der Waals surface area contributed by atoms with Gasteiger partial charge in [0, 0.05) is 23.6 Å². The summed E-state index contributed by atoms with van der Waals surface area (Å²) in [4.78, 5) is 15.0. The van der Waals surface area contributed by atoms with Crippen molar-refractivity contribution in [2.75, 3.05) is 13.1 Å². The Morgan fingerprint density at radius 1 is 1.44 bits per heavy atom. The minimum atomic E-state index is 0.0487. The molecule has 0 atom stereocenters. The second kappa shape index (κ2) is 5.69. The molecule has 0 radical (unpaired) electrons. The first kappa shape index (κ1) is 12.6. The molecular formula is C14H19N3O. The van der Waals surface area contributed by atoms with Crippen molar-refractivity contribution in [1.82, 2.24) is 10.3 Å². The predicted octanol–water partition coefficient (Wildman–Crippen LogP) is 1.48. The number of benzene rings is 1. The molecule has 1 amide bonds. The van der Waals surface area contributed by atoms with Gasteiger partial charge < -0.3 is 16.0 Å². The fourth-order valence-electron chi connectivity index (χ4n) is 2.16. The monoisotopic (exact) mass is 245 g/mol. The molecule has 0 aliphatic heterocycles. The Morgan fingerprint density at radius 3 is 3.06 bits per heavy atom. The van der Waals surface area contributed by atoms with E-state index in [0.29, 0.717) is 19.5 Å². The van der Waals surface area contributed by atoms with Gasteiger partial charge in [0.05, 0.1) is 6.42 Å². The maximum Gasteiger partial charge on any atom is 0.224 e. The van der Waals surface area contributed by atoms with Gasteiger partial charge in [-0.1, -0.05) is 12.1 Å². The highest BCUT2D eigenvalue weighted by Crippen LogP contribution is 2.22. The highest BCUT2D eigenvalue weighted by atomic mass is 16.1. The number of hydrogen-bond acceptors (Lipinski definition) is 2. The van der Waals surface area contributed by atoms with Gasteiger partial charge in [0.15, 0.2) is 0 Å². The zero-order valence-electron chi connectivity index (χ0n) is 10.6. The molecule has 18 heavy (non-hydrogen) atoms.